The van der Waals surface area contributed by atoms with Crippen LogP contribution in [0.4, 0.5) is 0 Å². The zero-order valence-corrected chi connectivity index (χ0v) is 9.43. The summed E-state index contributed by atoms with van der Waals surface area (Å²) < 4.78 is 0. The molecule has 1 aliphatic rings. The van der Waals surface area contributed by atoms with Crippen molar-refractivity contribution in [1.82, 2.24) is 10.3 Å². The van der Waals surface area contributed by atoms with Crippen LogP contribution in [-0.4, -0.2) is 11.0 Å². The molecular weight excluding hydrogens is 210 g/mol. The van der Waals surface area contributed by atoms with Crippen molar-refractivity contribution < 1.29 is 0 Å². The number of hydrogen-bond donors (Lipinski definition) is 1. The Labute approximate surface area is 100 Å². The molecule has 1 atom stereocenters. The zero-order valence-electron chi connectivity index (χ0n) is 9.43. The van der Waals surface area contributed by atoms with Crippen molar-refractivity contribution in [2.75, 3.05) is 0 Å². The maximum Gasteiger partial charge on any atom is 0.123 e. The maximum atomic E-state index is 9.28. The number of nitrogens with zero attached hydrogens (tertiary/aromatic N) is 2. The molecule has 1 aromatic heterocycles. The van der Waals surface area contributed by atoms with E-state index in [-0.39, 0.29) is 6.04 Å². The molecule has 0 spiro atoms. The summed E-state index contributed by atoms with van der Waals surface area (Å²) in [7, 11) is 0. The highest BCUT2D eigenvalue weighted by atomic mass is 15.0. The van der Waals surface area contributed by atoms with Crippen LogP contribution in [0.25, 0.3) is 10.8 Å². The third-order valence-corrected chi connectivity index (χ3v) is 3.12. The number of rotatable bonds is 3. The van der Waals surface area contributed by atoms with E-state index in [1.54, 1.807) is 6.20 Å². The summed E-state index contributed by atoms with van der Waals surface area (Å²) >= 11 is 0. The fraction of sp³-hybridized carbons (Fsp3) is 0.286. The van der Waals surface area contributed by atoms with Crippen LogP contribution >= 0.6 is 0 Å². The molecule has 1 fully saturated rings. The highest BCUT2D eigenvalue weighted by Crippen LogP contribution is 2.27. The van der Waals surface area contributed by atoms with Gasteiger partial charge in [0.2, 0.25) is 0 Å². The smallest absolute Gasteiger partial charge is 0.123 e. The number of nitrogens with one attached hydrogen (secondary N) is 1. The molecule has 1 aliphatic carbocycles. The SMILES string of the molecule is N#CC(NC1CC1)c1cncc2ccccc12. The number of aromatic nitrogens is 1. The molecule has 1 aromatic carbocycles. The second-order valence-corrected chi connectivity index (χ2v) is 4.45. The molecule has 84 valence electrons. The summed E-state index contributed by atoms with van der Waals surface area (Å²) in [5.74, 6) is 0. The van der Waals surface area contributed by atoms with E-state index in [0.29, 0.717) is 6.04 Å². The summed E-state index contributed by atoms with van der Waals surface area (Å²) in [6.07, 6.45) is 5.99. The van der Waals surface area contributed by atoms with Crippen LogP contribution in [0, 0.1) is 11.3 Å². The van der Waals surface area contributed by atoms with Gasteiger partial charge in [0.15, 0.2) is 0 Å². The van der Waals surface area contributed by atoms with Gasteiger partial charge < -0.3 is 0 Å². The highest BCUT2D eigenvalue weighted by molar-refractivity contribution is 5.85. The Hall–Kier alpha value is -1.92. The lowest BCUT2D eigenvalue weighted by Gasteiger charge is -2.13. The summed E-state index contributed by atoms with van der Waals surface area (Å²) in [5, 5.41) is 14.8. The van der Waals surface area contributed by atoms with Crippen LogP contribution in [0.3, 0.4) is 0 Å². The predicted octanol–water partition coefficient (Wildman–Crippen LogP) is 2.55. The minimum Gasteiger partial charge on any atom is -0.295 e. The minimum atomic E-state index is -0.249. The van der Waals surface area contributed by atoms with E-state index >= 15 is 0 Å². The van der Waals surface area contributed by atoms with Gasteiger partial charge in [-0.1, -0.05) is 24.3 Å². The first-order valence-electron chi connectivity index (χ1n) is 5.87. The molecule has 1 heterocycles. The quantitative estimate of drug-likeness (QED) is 0.869. The van der Waals surface area contributed by atoms with Crippen molar-refractivity contribution in [3.63, 3.8) is 0 Å². The minimum absolute atomic E-state index is 0.249. The van der Waals surface area contributed by atoms with E-state index in [4.69, 9.17) is 0 Å². The first kappa shape index (κ1) is 10.2. The Kier molecular flexibility index (Phi) is 2.50. The molecule has 1 unspecified atom stereocenters. The van der Waals surface area contributed by atoms with Gasteiger partial charge in [-0.05, 0) is 18.2 Å². The molecule has 17 heavy (non-hydrogen) atoms. The van der Waals surface area contributed by atoms with Crippen LogP contribution in [0.5, 0.6) is 0 Å². The Morgan fingerprint density at radius 2 is 2.12 bits per heavy atom. The van der Waals surface area contributed by atoms with Gasteiger partial charge in [0.25, 0.3) is 0 Å². The lowest BCUT2D eigenvalue weighted by molar-refractivity contribution is 0.628. The Bertz CT molecular complexity index is 576. The number of hydrogen-bond acceptors (Lipinski definition) is 3. The first-order chi connectivity index (χ1) is 8.38. The van der Waals surface area contributed by atoms with Crippen LogP contribution in [0.15, 0.2) is 36.7 Å². The highest BCUT2D eigenvalue weighted by Gasteiger charge is 2.26. The number of pyridine rings is 1. The van der Waals surface area contributed by atoms with Crippen LogP contribution < -0.4 is 5.32 Å². The van der Waals surface area contributed by atoms with E-state index in [1.165, 1.54) is 12.8 Å². The van der Waals surface area contributed by atoms with Gasteiger partial charge in [-0.2, -0.15) is 5.26 Å². The monoisotopic (exact) mass is 223 g/mol. The molecule has 0 aliphatic heterocycles. The summed E-state index contributed by atoms with van der Waals surface area (Å²) in [5.41, 5.74) is 0.984. The first-order valence-corrected chi connectivity index (χ1v) is 5.87. The second-order valence-electron chi connectivity index (χ2n) is 4.45. The zero-order chi connectivity index (χ0) is 11.7. The molecular formula is C14H13N3. The Morgan fingerprint density at radius 3 is 2.88 bits per heavy atom. The average molecular weight is 223 g/mol. The van der Waals surface area contributed by atoms with Crippen LogP contribution in [0.2, 0.25) is 0 Å². The van der Waals surface area contributed by atoms with E-state index in [9.17, 15) is 5.26 Å². The number of nitriles is 1. The molecule has 0 radical (unpaired) electrons. The predicted molar refractivity (Wildman–Crippen MR) is 66.3 cm³/mol. The van der Waals surface area contributed by atoms with Crippen molar-refractivity contribution in [1.29, 1.82) is 5.26 Å². The van der Waals surface area contributed by atoms with E-state index in [2.05, 4.69) is 16.4 Å². The van der Waals surface area contributed by atoms with Gasteiger partial charge in [0, 0.05) is 29.4 Å². The molecule has 3 heteroatoms. The molecule has 3 rings (SSSR count). The fourth-order valence-corrected chi connectivity index (χ4v) is 2.05. The van der Waals surface area contributed by atoms with Gasteiger partial charge in [0.05, 0.1) is 6.07 Å². The molecule has 0 bridgehead atoms. The second kappa shape index (κ2) is 4.15. The third-order valence-electron chi connectivity index (χ3n) is 3.12. The van der Waals surface area contributed by atoms with Crippen LogP contribution in [0.1, 0.15) is 24.4 Å². The lowest BCUT2D eigenvalue weighted by Crippen LogP contribution is -2.22. The van der Waals surface area contributed by atoms with Crippen molar-refractivity contribution in [2.24, 2.45) is 0 Å². The van der Waals surface area contributed by atoms with Gasteiger partial charge in [-0.15, -0.1) is 0 Å². The Balaban J connectivity index is 2.05. The summed E-state index contributed by atoms with van der Waals surface area (Å²) in [4.78, 5) is 4.22. The van der Waals surface area contributed by atoms with Crippen molar-refractivity contribution in [3.05, 3.63) is 42.2 Å². The molecule has 0 saturated heterocycles. The summed E-state index contributed by atoms with van der Waals surface area (Å²) in [6, 6.07) is 10.7. The van der Waals surface area contributed by atoms with Crippen molar-refractivity contribution in [2.45, 2.75) is 24.9 Å². The summed E-state index contributed by atoms with van der Waals surface area (Å²) in [6.45, 7) is 0. The fourth-order valence-electron chi connectivity index (χ4n) is 2.05. The standard InChI is InChI=1S/C14H13N3/c15-7-14(17-11-5-6-11)13-9-16-8-10-3-1-2-4-12(10)13/h1-4,8-9,11,14,17H,5-6H2. The third kappa shape index (κ3) is 2.00. The molecule has 1 saturated carbocycles. The average Bonchev–Trinajstić information content (AvgIpc) is 3.19. The molecule has 0 amide bonds. The largest absolute Gasteiger partial charge is 0.295 e. The lowest BCUT2D eigenvalue weighted by atomic mass is 10.0. The number of benzene rings is 1. The van der Waals surface area contributed by atoms with Crippen molar-refractivity contribution in [3.8, 4) is 6.07 Å². The topological polar surface area (TPSA) is 48.7 Å². The van der Waals surface area contributed by atoms with E-state index < -0.39 is 0 Å². The van der Waals surface area contributed by atoms with E-state index in [0.717, 1.165) is 16.3 Å². The molecule has 1 N–H and O–H groups in total. The number of fused-ring (bicyclic) bond motifs is 1. The molecule has 3 nitrogen and oxygen atoms in total. The van der Waals surface area contributed by atoms with Gasteiger partial charge in [-0.25, -0.2) is 0 Å². The van der Waals surface area contributed by atoms with Gasteiger partial charge in [0.1, 0.15) is 6.04 Å². The normalized spacial score (nSPS) is 16.6. The van der Waals surface area contributed by atoms with Crippen LogP contribution in [-0.2, 0) is 0 Å². The molecule has 2 aromatic rings. The van der Waals surface area contributed by atoms with Crippen molar-refractivity contribution >= 4 is 10.8 Å². The maximum absolute atomic E-state index is 9.28. The van der Waals surface area contributed by atoms with Gasteiger partial charge in [-0.3, -0.25) is 10.3 Å². The van der Waals surface area contributed by atoms with Gasteiger partial charge >= 0.3 is 0 Å². The van der Waals surface area contributed by atoms with E-state index in [1.807, 2.05) is 30.5 Å². The Morgan fingerprint density at radius 1 is 1.29 bits per heavy atom.